The fourth-order valence-corrected chi connectivity index (χ4v) is 3.46. The van der Waals surface area contributed by atoms with E-state index in [4.69, 9.17) is 0 Å². The number of benzene rings is 1. The van der Waals surface area contributed by atoms with E-state index >= 15 is 0 Å². The van der Waals surface area contributed by atoms with Gasteiger partial charge in [-0.3, -0.25) is 14.4 Å². The number of carboxylic acids is 1. The Hall–Kier alpha value is -2.94. The predicted octanol–water partition coefficient (Wildman–Crippen LogP) is 1.63. The molecule has 1 aromatic carbocycles. The molecular formula is C25H39N3O6. The van der Waals surface area contributed by atoms with Gasteiger partial charge in [0, 0.05) is 18.9 Å². The molecule has 34 heavy (non-hydrogen) atoms. The van der Waals surface area contributed by atoms with E-state index in [1.165, 1.54) is 0 Å². The molecule has 0 radical (unpaired) electrons. The first-order chi connectivity index (χ1) is 16.1. The van der Waals surface area contributed by atoms with Crippen molar-refractivity contribution >= 4 is 23.7 Å². The third-order valence-corrected chi connectivity index (χ3v) is 5.53. The Morgan fingerprint density at radius 3 is 2.15 bits per heavy atom. The molecule has 9 heteroatoms. The minimum atomic E-state index is -1.37. The van der Waals surface area contributed by atoms with Crippen molar-refractivity contribution in [3.05, 3.63) is 35.9 Å². The molecule has 0 aliphatic rings. The summed E-state index contributed by atoms with van der Waals surface area (Å²) in [6.07, 6.45) is -0.433. The Morgan fingerprint density at radius 1 is 0.971 bits per heavy atom. The van der Waals surface area contributed by atoms with Crippen LogP contribution in [-0.2, 0) is 25.6 Å². The van der Waals surface area contributed by atoms with Crippen LogP contribution in [0.1, 0.15) is 58.9 Å². The van der Waals surface area contributed by atoms with E-state index in [0.717, 1.165) is 5.56 Å². The lowest BCUT2D eigenvalue weighted by atomic mass is 9.91. The normalized spacial score (nSPS) is 14.5. The van der Waals surface area contributed by atoms with Crippen molar-refractivity contribution in [1.82, 2.24) is 16.0 Å². The largest absolute Gasteiger partial charge is 0.480 e. The second-order valence-electron chi connectivity index (χ2n) is 8.93. The molecule has 1 aromatic rings. The molecule has 3 amide bonds. The second kappa shape index (κ2) is 15.1. The van der Waals surface area contributed by atoms with Gasteiger partial charge in [-0.05, 0) is 30.7 Å². The third kappa shape index (κ3) is 10.8. The summed E-state index contributed by atoms with van der Waals surface area (Å²) in [7, 11) is 0. The first-order valence-corrected chi connectivity index (χ1v) is 11.9. The van der Waals surface area contributed by atoms with Gasteiger partial charge in [0.1, 0.15) is 6.04 Å². The smallest absolute Gasteiger partial charge is 0.326 e. The van der Waals surface area contributed by atoms with Gasteiger partial charge in [0.2, 0.25) is 17.7 Å². The number of hydrogen-bond donors (Lipinski definition) is 5. The summed E-state index contributed by atoms with van der Waals surface area (Å²) < 4.78 is 0. The molecule has 0 unspecified atom stereocenters. The summed E-state index contributed by atoms with van der Waals surface area (Å²) in [4.78, 5) is 48.3. The van der Waals surface area contributed by atoms with E-state index < -0.39 is 48.3 Å². The SMILES string of the molecule is CCC(=O)N[C@@H](CC(=O)N[C@@H](Cc1ccccc1)[C@@H](O)C[C@@H](CC)C(=O)NCC(C)C)C(=O)O. The molecule has 0 heterocycles. The zero-order valence-corrected chi connectivity index (χ0v) is 20.5. The topological polar surface area (TPSA) is 145 Å². The molecule has 0 bridgehead atoms. The van der Waals surface area contributed by atoms with Crippen molar-refractivity contribution in [1.29, 1.82) is 0 Å². The number of aliphatic hydroxyl groups excluding tert-OH is 1. The second-order valence-corrected chi connectivity index (χ2v) is 8.93. The van der Waals surface area contributed by atoms with Crippen molar-refractivity contribution in [3.8, 4) is 0 Å². The molecule has 4 atom stereocenters. The van der Waals surface area contributed by atoms with Gasteiger partial charge in [0.15, 0.2) is 0 Å². The highest BCUT2D eigenvalue weighted by Crippen LogP contribution is 2.17. The van der Waals surface area contributed by atoms with Gasteiger partial charge in [0.25, 0.3) is 0 Å². The highest BCUT2D eigenvalue weighted by atomic mass is 16.4. The van der Waals surface area contributed by atoms with Crippen molar-refractivity contribution in [2.45, 2.75) is 78.0 Å². The van der Waals surface area contributed by atoms with Crippen molar-refractivity contribution in [2.75, 3.05) is 6.54 Å². The average Bonchev–Trinajstić information content (AvgIpc) is 2.80. The monoisotopic (exact) mass is 477 g/mol. The van der Waals surface area contributed by atoms with Crippen LogP contribution in [0.4, 0.5) is 0 Å². The summed E-state index contributed by atoms with van der Waals surface area (Å²) in [5.74, 6) is -2.68. The van der Waals surface area contributed by atoms with Crippen LogP contribution in [0, 0.1) is 11.8 Å². The number of nitrogens with one attached hydrogen (secondary N) is 3. The lowest BCUT2D eigenvalue weighted by molar-refractivity contribution is -0.143. The lowest BCUT2D eigenvalue weighted by Gasteiger charge is -2.28. The van der Waals surface area contributed by atoms with E-state index in [0.29, 0.717) is 25.3 Å². The van der Waals surface area contributed by atoms with Crippen LogP contribution in [0.25, 0.3) is 0 Å². The third-order valence-electron chi connectivity index (χ3n) is 5.53. The molecule has 5 N–H and O–H groups in total. The Kier molecular flexibility index (Phi) is 12.9. The summed E-state index contributed by atoms with van der Waals surface area (Å²) >= 11 is 0. The molecule has 0 saturated carbocycles. The minimum Gasteiger partial charge on any atom is -0.480 e. The van der Waals surface area contributed by atoms with Crippen LogP contribution in [0.2, 0.25) is 0 Å². The zero-order chi connectivity index (χ0) is 25.7. The van der Waals surface area contributed by atoms with Crippen LogP contribution >= 0.6 is 0 Å². The molecule has 0 aliphatic heterocycles. The summed E-state index contributed by atoms with van der Waals surface area (Å²) in [6, 6.07) is 7.16. The summed E-state index contributed by atoms with van der Waals surface area (Å²) in [5, 5.41) is 28.3. The van der Waals surface area contributed by atoms with Crippen molar-refractivity contribution < 1.29 is 29.4 Å². The average molecular weight is 478 g/mol. The van der Waals surface area contributed by atoms with Crippen LogP contribution in [0.3, 0.4) is 0 Å². The molecule has 190 valence electrons. The van der Waals surface area contributed by atoms with Crippen LogP contribution in [-0.4, -0.2) is 58.6 Å². The standard InChI is InChI=1S/C25H39N3O6/c1-5-18(24(32)26-15-16(3)4)13-21(29)19(12-17-10-8-7-9-11-17)27-23(31)14-20(25(33)34)28-22(30)6-2/h7-11,16,18-21,29H,5-6,12-15H2,1-4H3,(H,26,32)(H,27,31)(H,28,30)(H,33,34)/t18-,19+,20+,21+/m1/s1. The lowest BCUT2D eigenvalue weighted by Crippen LogP contribution is -2.50. The maximum atomic E-state index is 12.7. The minimum absolute atomic E-state index is 0.0953. The number of carbonyl (C=O) groups is 4. The van der Waals surface area contributed by atoms with E-state index in [9.17, 15) is 29.4 Å². The number of amides is 3. The fraction of sp³-hybridized carbons (Fsp3) is 0.600. The van der Waals surface area contributed by atoms with E-state index in [2.05, 4.69) is 16.0 Å². The van der Waals surface area contributed by atoms with Gasteiger partial charge in [0.05, 0.1) is 18.6 Å². The van der Waals surface area contributed by atoms with Gasteiger partial charge in [-0.25, -0.2) is 4.79 Å². The molecule has 0 aliphatic carbocycles. The van der Waals surface area contributed by atoms with Crippen molar-refractivity contribution in [2.24, 2.45) is 11.8 Å². The first-order valence-electron chi connectivity index (χ1n) is 11.9. The molecule has 0 fully saturated rings. The fourth-order valence-electron chi connectivity index (χ4n) is 3.46. The van der Waals surface area contributed by atoms with E-state index in [-0.39, 0.29) is 18.7 Å². The Labute approximate surface area is 201 Å². The molecule has 0 saturated heterocycles. The van der Waals surface area contributed by atoms with Gasteiger partial charge in [-0.1, -0.05) is 58.0 Å². The Balaban J connectivity index is 2.94. The van der Waals surface area contributed by atoms with Crippen LogP contribution in [0.15, 0.2) is 30.3 Å². The number of carboxylic acid groups (broad SMARTS) is 1. The van der Waals surface area contributed by atoms with Crippen LogP contribution < -0.4 is 16.0 Å². The Bertz CT molecular complexity index is 799. The maximum absolute atomic E-state index is 12.7. The number of hydrogen-bond acceptors (Lipinski definition) is 5. The molecule has 0 aromatic heterocycles. The summed E-state index contributed by atoms with van der Waals surface area (Å²) in [5.41, 5.74) is 0.873. The first kappa shape index (κ1) is 29.1. The number of aliphatic hydroxyl groups is 1. The van der Waals surface area contributed by atoms with E-state index in [1.807, 2.05) is 51.1 Å². The highest BCUT2D eigenvalue weighted by molar-refractivity contribution is 5.88. The zero-order valence-electron chi connectivity index (χ0n) is 20.5. The molecular weight excluding hydrogens is 438 g/mol. The number of carbonyl (C=O) groups excluding carboxylic acids is 3. The number of rotatable bonds is 15. The summed E-state index contributed by atoms with van der Waals surface area (Å²) in [6.45, 7) is 7.98. The van der Waals surface area contributed by atoms with Gasteiger partial charge >= 0.3 is 5.97 Å². The Morgan fingerprint density at radius 2 is 1.62 bits per heavy atom. The predicted molar refractivity (Wildman–Crippen MR) is 129 cm³/mol. The van der Waals surface area contributed by atoms with Gasteiger partial charge in [-0.2, -0.15) is 0 Å². The molecule has 9 nitrogen and oxygen atoms in total. The van der Waals surface area contributed by atoms with Crippen LogP contribution in [0.5, 0.6) is 0 Å². The van der Waals surface area contributed by atoms with E-state index in [1.54, 1.807) is 6.92 Å². The maximum Gasteiger partial charge on any atom is 0.326 e. The molecule has 0 spiro atoms. The highest BCUT2D eigenvalue weighted by Gasteiger charge is 2.29. The van der Waals surface area contributed by atoms with Crippen molar-refractivity contribution in [3.63, 3.8) is 0 Å². The van der Waals surface area contributed by atoms with Gasteiger partial charge < -0.3 is 26.2 Å². The number of aliphatic carboxylic acids is 1. The quantitative estimate of drug-likeness (QED) is 0.260. The molecule has 1 rings (SSSR count). The van der Waals surface area contributed by atoms with Gasteiger partial charge in [-0.15, -0.1) is 0 Å².